The molecule has 19 heavy (non-hydrogen) atoms. The Morgan fingerprint density at radius 1 is 1.37 bits per heavy atom. The van der Waals surface area contributed by atoms with E-state index in [4.69, 9.17) is 11.6 Å². The number of nitrogens with one attached hydrogen (secondary N) is 1. The lowest BCUT2D eigenvalue weighted by Gasteiger charge is -2.34. The van der Waals surface area contributed by atoms with Gasteiger partial charge >= 0.3 is 0 Å². The van der Waals surface area contributed by atoms with Gasteiger partial charge in [0.2, 0.25) is 5.28 Å². The molecule has 4 nitrogen and oxygen atoms in total. The van der Waals surface area contributed by atoms with Crippen molar-refractivity contribution in [2.45, 2.75) is 46.1 Å². The van der Waals surface area contributed by atoms with Crippen molar-refractivity contribution >= 4 is 17.5 Å². The average Bonchev–Trinajstić information content (AvgIpc) is 2.33. The Labute approximate surface area is 119 Å². The quantitative estimate of drug-likeness (QED) is 0.848. The summed E-state index contributed by atoms with van der Waals surface area (Å²) in [7, 11) is 0. The van der Waals surface area contributed by atoms with E-state index in [2.05, 4.69) is 29.1 Å². The van der Waals surface area contributed by atoms with E-state index in [9.17, 15) is 4.79 Å². The first-order valence-corrected chi connectivity index (χ1v) is 7.17. The molecule has 1 aromatic rings. The first kappa shape index (κ1) is 14.3. The number of carbonyl (C=O) groups is 1. The molecule has 1 amide bonds. The molecule has 0 bridgehead atoms. The van der Waals surface area contributed by atoms with Gasteiger partial charge in [-0.25, -0.2) is 9.97 Å². The topological polar surface area (TPSA) is 54.9 Å². The Morgan fingerprint density at radius 3 is 2.79 bits per heavy atom. The first-order chi connectivity index (χ1) is 8.97. The van der Waals surface area contributed by atoms with Crippen LogP contribution in [0.2, 0.25) is 5.28 Å². The maximum Gasteiger partial charge on any atom is 0.270 e. The largest absolute Gasteiger partial charge is 0.348 e. The number of aromatic nitrogens is 2. The number of aryl methyl sites for hydroxylation is 1. The van der Waals surface area contributed by atoms with Gasteiger partial charge in [-0.2, -0.15) is 0 Å². The lowest BCUT2D eigenvalue weighted by molar-refractivity contribution is 0.0885. The van der Waals surface area contributed by atoms with Gasteiger partial charge in [0.1, 0.15) is 5.69 Å². The van der Waals surface area contributed by atoms with Crippen LogP contribution in [-0.2, 0) is 0 Å². The van der Waals surface area contributed by atoms with Crippen molar-refractivity contribution in [2.75, 3.05) is 0 Å². The Morgan fingerprint density at radius 2 is 2.11 bits per heavy atom. The van der Waals surface area contributed by atoms with E-state index >= 15 is 0 Å². The van der Waals surface area contributed by atoms with E-state index in [0.29, 0.717) is 23.2 Å². The van der Waals surface area contributed by atoms with Crippen LogP contribution >= 0.6 is 11.6 Å². The number of rotatable bonds is 2. The molecule has 1 N–H and O–H groups in total. The highest BCUT2D eigenvalue weighted by atomic mass is 35.5. The van der Waals surface area contributed by atoms with Crippen LogP contribution in [0.15, 0.2) is 6.07 Å². The van der Waals surface area contributed by atoms with E-state index in [1.165, 1.54) is 12.8 Å². The van der Waals surface area contributed by atoms with Crippen LogP contribution in [0.5, 0.6) is 0 Å². The lowest BCUT2D eigenvalue weighted by Crippen LogP contribution is -2.44. The summed E-state index contributed by atoms with van der Waals surface area (Å²) in [4.78, 5) is 20.2. The number of nitrogens with zero attached hydrogens (tertiary/aromatic N) is 2. The maximum atomic E-state index is 12.2. The summed E-state index contributed by atoms with van der Waals surface area (Å²) in [6.07, 6.45) is 3.45. The molecule has 2 rings (SSSR count). The molecule has 0 saturated heterocycles. The number of hydrogen-bond acceptors (Lipinski definition) is 3. The van der Waals surface area contributed by atoms with Crippen molar-refractivity contribution in [2.24, 2.45) is 11.8 Å². The number of carbonyl (C=O) groups excluding carboxylic acids is 1. The fourth-order valence-electron chi connectivity index (χ4n) is 2.68. The SMILES string of the molecule is Cc1cc(C(=O)NC2CCCC(C)C2C)nc(Cl)n1. The summed E-state index contributed by atoms with van der Waals surface area (Å²) in [6, 6.07) is 1.89. The van der Waals surface area contributed by atoms with Gasteiger partial charge in [-0.05, 0) is 42.8 Å². The third-order valence-corrected chi connectivity index (χ3v) is 4.25. The van der Waals surface area contributed by atoms with Crippen LogP contribution in [-0.4, -0.2) is 21.9 Å². The van der Waals surface area contributed by atoms with Gasteiger partial charge in [-0.3, -0.25) is 4.79 Å². The van der Waals surface area contributed by atoms with Gasteiger partial charge in [0.25, 0.3) is 5.91 Å². The highest BCUT2D eigenvalue weighted by molar-refractivity contribution is 6.28. The Hall–Kier alpha value is -1.16. The smallest absolute Gasteiger partial charge is 0.270 e. The fraction of sp³-hybridized carbons (Fsp3) is 0.643. The molecule has 1 saturated carbocycles. The number of hydrogen-bond donors (Lipinski definition) is 1. The minimum absolute atomic E-state index is 0.121. The predicted molar refractivity (Wildman–Crippen MR) is 75.2 cm³/mol. The van der Waals surface area contributed by atoms with Gasteiger partial charge in [0.15, 0.2) is 0 Å². The average molecular weight is 282 g/mol. The Kier molecular flexibility index (Phi) is 4.40. The maximum absolute atomic E-state index is 12.2. The lowest BCUT2D eigenvalue weighted by atomic mass is 9.78. The summed E-state index contributed by atoms with van der Waals surface area (Å²) in [5.41, 5.74) is 1.05. The highest BCUT2D eigenvalue weighted by Gasteiger charge is 2.28. The van der Waals surface area contributed by atoms with E-state index in [0.717, 1.165) is 6.42 Å². The Bertz CT molecular complexity index is 458. The van der Waals surface area contributed by atoms with Crippen LogP contribution in [0.4, 0.5) is 0 Å². The zero-order valence-electron chi connectivity index (χ0n) is 11.6. The van der Waals surface area contributed by atoms with Crippen molar-refractivity contribution in [1.29, 1.82) is 0 Å². The van der Waals surface area contributed by atoms with Crippen molar-refractivity contribution in [3.63, 3.8) is 0 Å². The van der Waals surface area contributed by atoms with Crippen molar-refractivity contribution in [1.82, 2.24) is 15.3 Å². The molecule has 104 valence electrons. The molecule has 5 heteroatoms. The molecule has 1 aliphatic carbocycles. The summed E-state index contributed by atoms with van der Waals surface area (Å²) in [5.74, 6) is 0.990. The zero-order valence-corrected chi connectivity index (χ0v) is 12.4. The molecule has 0 spiro atoms. The molecule has 3 unspecified atom stereocenters. The van der Waals surface area contributed by atoms with Gasteiger partial charge in [0.05, 0.1) is 0 Å². The molecule has 1 aromatic heterocycles. The van der Waals surface area contributed by atoms with Crippen LogP contribution in [0, 0.1) is 18.8 Å². The van der Waals surface area contributed by atoms with E-state index in [-0.39, 0.29) is 17.2 Å². The standard InChI is InChI=1S/C14H20ClN3O/c1-8-5-4-6-11(10(8)3)17-13(19)12-7-9(2)16-14(15)18-12/h7-8,10-11H,4-6H2,1-3H3,(H,17,19). The molecule has 0 aliphatic heterocycles. The molecular weight excluding hydrogens is 262 g/mol. The first-order valence-electron chi connectivity index (χ1n) is 6.79. The number of halogens is 1. The van der Waals surface area contributed by atoms with E-state index < -0.39 is 0 Å². The minimum Gasteiger partial charge on any atom is -0.348 e. The van der Waals surface area contributed by atoms with Crippen LogP contribution in [0.25, 0.3) is 0 Å². The second kappa shape index (κ2) is 5.87. The van der Waals surface area contributed by atoms with Gasteiger partial charge < -0.3 is 5.32 Å². The van der Waals surface area contributed by atoms with Crippen LogP contribution in [0.1, 0.15) is 49.3 Å². The predicted octanol–water partition coefficient (Wildman–Crippen LogP) is 2.99. The molecule has 0 radical (unpaired) electrons. The Balaban J connectivity index is 2.08. The van der Waals surface area contributed by atoms with Crippen molar-refractivity contribution in [3.05, 3.63) is 22.7 Å². The molecule has 3 atom stereocenters. The second-order valence-corrected chi connectivity index (χ2v) is 5.85. The monoisotopic (exact) mass is 281 g/mol. The summed E-state index contributed by atoms with van der Waals surface area (Å²) >= 11 is 5.79. The van der Waals surface area contributed by atoms with Crippen molar-refractivity contribution < 1.29 is 4.79 Å². The van der Waals surface area contributed by atoms with E-state index in [1.54, 1.807) is 13.0 Å². The van der Waals surface area contributed by atoms with Crippen LogP contribution < -0.4 is 5.32 Å². The molecule has 1 heterocycles. The van der Waals surface area contributed by atoms with Crippen molar-refractivity contribution in [3.8, 4) is 0 Å². The normalized spacial score (nSPS) is 27.1. The third kappa shape index (κ3) is 3.44. The van der Waals surface area contributed by atoms with Gasteiger partial charge in [0, 0.05) is 11.7 Å². The molecular formula is C14H20ClN3O. The third-order valence-electron chi connectivity index (χ3n) is 4.08. The van der Waals surface area contributed by atoms with Crippen LogP contribution in [0.3, 0.4) is 0 Å². The summed E-state index contributed by atoms with van der Waals surface area (Å²) in [5, 5.41) is 3.20. The highest BCUT2D eigenvalue weighted by Crippen LogP contribution is 2.29. The fourth-order valence-corrected chi connectivity index (χ4v) is 2.90. The molecule has 1 fully saturated rings. The number of amides is 1. The summed E-state index contributed by atoms with van der Waals surface area (Å²) in [6.45, 7) is 6.25. The zero-order chi connectivity index (χ0) is 14.0. The van der Waals surface area contributed by atoms with Gasteiger partial charge in [-0.1, -0.05) is 26.7 Å². The molecule has 1 aliphatic rings. The second-order valence-electron chi connectivity index (χ2n) is 5.51. The minimum atomic E-state index is -0.154. The molecule has 0 aromatic carbocycles. The van der Waals surface area contributed by atoms with E-state index in [1.807, 2.05) is 0 Å². The van der Waals surface area contributed by atoms with Gasteiger partial charge in [-0.15, -0.1) is 0 Å². The summed E-state index contributed by atoms with van der Waals surface area (Å²) < 4.78 is 0.